The topological polar surface area (TPSA) is 78.9 Å². The molecule has 0 atom stereocenters. The Balaban J connectivity index is 1.86. The van der Waals surface area contributed by atoms with Crippen LogP contribution >= 0.6 is 27.5 Å². The van der Waals surface area contributed by atoms with Crippen LogP contribution in [-0.4, -0.2) is 47.3 Å². The van der Waals surface area contributed by atoms with Gasteiger partial charge in [0.2, 0.25) is 0 Å². The minimum atomic E-state index is -1.02. The van der Waals surface area contributed by atoms with Crippen LogP contribution in [0.4, 0.5) is 10.5 Å². The van der Waals surface area contributed by atoms with Crippen LogP contribution in [0.25, 0.3) is 0 Å². The monoisotopic (exact) mass is 376 g/mol. The lowest BCUT2D eigenvalue weighted by Crippen LogP contribution is -2.64. The van der Waals surface area contributed by atoms with Gasteiger partial charge in [0.05, 0.1) is 18.1 Å². The van der Waals surface area contributed by atoms with E-state index in [0.29, 0.717) is 28.3 Å². The molecule has 0 radical (unpaired) electrons. The molecule has 1 aliphatic rings. The van der Waals surface area contributed by atoms with Gasteiger partial charge in [0.1, 0.15) is 12.2 Å². The molecule has 0 aliphatic carbocycles. The molecular formula is C13H14BrClN2O4. The number of hydrogen-bond acceptors (Lipinski definition) is 3. The first-order valence-electron chi connectivity index (χ1n) is 6.16. The maximum Gasteiger partial charge on any atom is 0.329 e. The Labute approximate surface area is 135 Å². The Morgan fingerprint density at radius 3 is 2.76 bits per heavy atom. The fourth-order valence-corrected chi connectivity index (χ4v) is 2.50. The fraction of sp³-hybridized carbons (Fsp3) is 0.385. The van der Waals surface area contributed by atoms with Gasteiger partial charge in [-0.05, 0) is 41.1 Å². The van der Waals surface area contributed by atoms with E-state index in [1.807, 2.05) is 0 Å². The van der Waals surface area contributed by atoms with E-state index in [2.05, 4.69) is 21.2 Å². The summed E-state index contributed by atoms with van der Waals surface area (Å²) in [7, 11) is 0. The summed E-state index contributed by atoms with van der Waals surface area (Å²) >= 11 is 9.17. The maximum absolute atomic E-state index is 12.0. The van der Waals surface area contributed by atoms with Gasteiger partial charge in [-0.3, -0.25) is 0 Å². The van der Waals surface area contributed by atoms with E-state index < -0.39 is 11.6 Å². The summed E-state index contributed by atoms with van der Waals surface area (Å²) in [5.74, 6) is -1.02. The van der Waals surface area contributed by atoms with Gasteiger partial charge in [0.25, 0.3) is 0 Å². The standard InChI is InChI=1S/C13H14BrClN2O4/c1-13(21-5-11(18)19)6-17(7-13)12(20)16-8-2-3-10(15)9(14)4-8/h2-4H,5-7H2,1H3,(H,16,20)(H,18,19). The van der Waals surface area contributed by atoms with Gasteiger partial charge in [-0.1, -0.05) is 11.6 Å². The third-order valence-electron chi connectivity index (χ3n) is 3.05. The predicted molar refractivity (Wildman–Crippen MR) is 81.7 cm³/mol. The summed E-state index contributed by atoms with van der Waals surface area (Å²) in [6, 6.07) is 4.82. The zero-order valence-electron chi connectivity index (χ0n) is 11.2. The van der Waals surface area contributed by atoms with Crippen molar-refractivity contribution < 1.29 is 19.4 Å². The molecule has 0 aromatic heterocycles. The van der Waals surface area contributed by atoms with Crippen LogP contribution in [-0.2, 0) is 9.53 Å². The van der Waals surface area contributed by atoms with E-state index in [1.54, 1.807) is 30.0 Å². The first-order chi connectivity index (χ1) is 9.79. The number of carboxylic acids is 1. The highest BCUT2D eigenvalue weighted by Gasteiger charge is 2.42. The number of rotatable bonds is 4. The molecule has 0 bridgehead atoms. The molecule has 0 spiro atoms. The van der Waals surface area contributed by atoms with Crippen molar-refractivity contribution in [2.24, 2.45) is 0 Å². The SMILES string of the molecule is CC1(OCC(=O)O)CN(C(=O)Nc2ccc(Cl)c(Br)c2)C1. The molecule has 114 valence electrons. The van der Waals surface area contributed by atoms with E-state index in [-0.39, 0.29) is 12.6 Å². The first-order valence-corrected chi connectivity index (χ1v) is 7.33. The average Bonchev–Trinajstić information content (AvgIpc) is 2.37. The van der Waals surface area contributed by atoms with Gasteiger partial charge < -0.3 is 20.1 Å². The summed E-state index contributed by atoms with van der Waals surface area (Å²) in [6.45, 7) is 2.11. The average molecular weight is 378 g/mol. The smallest absolute Gasteiger partial charge is 0.329 e. The Kier molecular flexibility index (Phi) is 4.75. The highest BCUT2D eigenvalue weighted by atomic mass is 79.9. The Morgan fingerprint density at radius 2 is 2.19 bits per heavy atom. The zero-order chi connectivity index (χ0) is 15.6. The van der Waals surface area contributed by atoms with Gasteiger partial charge in [-0.25, -0.2) is 9.59 Å². The van der Waals surface area contributed by atoms with Gasteiger partial charge in [0.15, 0.2) is 0 Å². The maximum atomic E-state index is 12.0. The lowest BCUT2D eigenvalue weighted by Gasteiger charge is -2.46. The van der Waals surface area contributed by atoms with Crippen LogP contribution < -0.4 is 5.32 Å². The molecule has 8 heteroatoms. The number of carbonyl (C=O) groups is 2. The number of ether oxygens (including phenoxy) is 1. The number of benzene rings is 1. The van der Waals surface area contributed by atoms with Gasteiger partial charge in [-0.2, -0.15) is 0 Å². The van der Waals surface area contributed by atoms with Crippen LogP contribution in [0.5, 0.6) is 0 Å². The van der Waals surface area contributed by atoms with Crippen molar-refractivity contribution in [3.05, 3.63) is 27.7 Å². The molecule has 2 N–H and O–H groups in total. The molecule has 1 aromatic carbocycles. The normalized spacial score (nSPS) is 16.2. The lowest BCUT2D eigenvalue weighted by atomic mass is 9.97. The summed E-state index contributed by atoms with van der Waals surface area (Å²) in [5, 5.41) is 11.9. The third-order valence-corrected chi connectivity index (χ3v) is 4.27. The van der Waals surface area contributed by atoms with Crippen molar-refractivity contribution in [2.45, 2.75) is 12.5 Å². The van der Waals surface area contributed by atoms with Crippen LogP contribution in [0.3, 0.4) is 0 Å². The number of anilines is 1. The Morgan fingerprint density at radius 1 is 1.52 bits per heavy atom. The van der Waals surface area contributed by atoms with Crippen LogP contribution in [0, 0.1) is 0 Å². The third kappa shape index (κ3) is 4.09. The largest absolute Gasteiger partial charge is 0.480 e. The molecule has 1 fully saturated rings. The number of aliphatic carboxylic acids is 1. The summed E-state index contributed by atoms with van der Waals surface area (Å²) in [5.41, 5.74) is 0.0207. The van der Waals surface area contributed by atoms with Crippen molar-refractivity contribution in [1.82, 2.24) is 4.90 Å². The number of likely N-dealkylation sites (tertiary alicyclic amines) is 1. The van der Waals surface area contributed by atoms with Crippen molar-refractivity contribution >= 4 is 45.2 Å². The number of carboxylic acid groups (broad SMARTS) is 1. The molecule has 2 rings (SSSR count). The van der Waals surface area contributed by atoms with Crippen molar-refractivity contribution in [1.29, 1.82) is 0 Å². The summed E-state index contributed by atoms with van der Waals surface area (Å²) in [4.78, 5) is 24.0. The number of hydrogen-bond donors (Lipinski definition) is 2. The second-order valence-electron chi connectivity index (χ2n) is 5.05. The second-order valence-corrected chi connectivity index (χ2v) is 6.31. The Hall–Kier alpha value is -1.31. The molecule has 1 aromatic rings. The van der Waals surface area contributed by atoms with E-state index in [9.17, 15) is 9.59 Å². The van der Waals surface area contributed by atoms with Crippen LogP contribution in [0.2, 0.25) is 5.02 Å². The quantitative estimate of drug-likeness (QED) is 0.846. The van der Waals surface area contributed by atoms with E-state index in [1.165, 1.54) is 0 Å². The number of urea groups is 1. The lowest BCUT2D eigenvalue weighted by molar-refractivity contribution is -0.159. The van der Waals surface area contributed by atoms with Crippen molar-refractivity contribution in [3.63, 3.8) is 0 Å². The molecule has 1 heterocycles. The molecule has 1 aliphatic heterocycles. The minimum Gasteiger partial charge on any atom is -0.480 e. The van der Waals surface area contributed by atoms with E-state index in [4.69, 9.17) is 21.4 Å². The number of nitrogens with one attached hydrogen (secondary N) is 1. The highest BCUT2D eigenvalue weighted by molar-refractivity contribution is 9.10. The molecule has 1 saturated heterocycles. The number of carbonyl (C=O) groups excluding carboxylic acids is 1. The fourth-order valence-electron chi connectivity index (χ4n) is 2.01. The Bertz CT molecular complexity index is 575. The van der Waals surface area contributed by atoms with Crippen LogP contribution in [0.1, 0.15) is 6.92 Å². The summed E-state index contributed by atoms with van der Waals surface area (Å²) < 4.78 is 5.94. The van der Waals surface area contributed by atoms with Gasteiger partial charge in [0, 0.05) is 10.2 Å². The first kappa shape index (κ1) is 16.1. The molecule has 2 amide bonds. The van der Waals surface area contributed by atoms with Crippen molar-refractivity contribution in [3.8, 4) is 0 Å². The summed E-state index contributed by atoms with van der Waals surface area (Å²) in [6.07, 6.45) is 0. The van der Waals surface area contributed by atoms with Crippen LogP contribution in [0.15, 0.2) is 22.7 Å². The number of nitrogens with zero attached hydrogens (tertiary/aromatic N) is 1. The number of halogens is 2. The zero-order valence-corrected chi connectivity index (χ0v) is 13.6. The minimum absolute atomic E-state index is 0.263. The highest BCUT2D eigenvalue weighted by Crippen LogP contribution is 2.28. The molecule has 6 nitrogen and oxygen atoms in total. The van der Waals surface area contributed by atoms with Crippen molar-refractivity contribution in [2.75, 3.05) is 25.0 Å². The van der Waals surface area contributed by atoms with Gasteiger partial charge in [-0.15, -0.1) is 0 Å². The van der Waals surface area contributed by atoms with E-state index in [0.717, 1.165) is 0 Å². The molecule has 0 saturated carbocycles. The predicted octanol–water partition coefficient (Wildman–Crippen LogP) is 2.81. The molecular weight excluding hydrogens is 364 g/mol. The molecule has 0 unspecified atom stereocenters. The number of amides is 2. The van der Waals surface area contributed by atoms with Gasteiger partial charge >= 0.3 is 12.0 Å². The molecule has 21 heavy (non-hydrogen) atoms. The van der Waals surface area contributed by atoms with E-state index >= 15 is 0 Å². The second kappa shape index (κ2) is 6.21.